The van der Waals surface area contributed by atoms with Crippen molar-refractivity contribution >= 4 is 28.9 Å². The second-order valence-electron chi connectivity index (χ2n) is 4.75. The van der Waals surface area contributed by atoms with Crippen LogP contribution in [0.25, 0.3) is 0 Å². The first-order chi connectivity index (χ1) is 10.1. The van der Waals surface area contributed by atoms with Gasteiger partial charge in [-0.3, -0.25) is 4.99 Å². The summed E-state index contributed by atoms with van der Waals surface area (Å²) in [6.45, 7) is 2.83. The van der Waals surface area contributed by atoms with Crippen molar-refractivity contribution in [1.82, 2.24) is 0 Å². The van der Waals surface area contributed by atoms with Crippen LogP contribution in [0.5, 0.6) is 5.75 Å². The highest BCUT2D eigenvalue weighted by atomic mass is 35.5. The molecular weight excluding hydrogens is 305 g/mol. The third-order valence-electron chi connectivity index (χ3n) is 3.11. The number of phenols is 1. The standard InChI is InChI=1S/C17H17Cl2NO/c1-2-3-10-20-17(12-4-6-13(18)7-5-12)15-11-14(19)8-9-16(15)21/h4-9,11,21H,2-3,10H2,1H3. The van der Waals surface area contributed by atoms with Gasteiger partial charge in [-0.25, -0.2) is 0 Å². The van der Waals surface area contributed by atoms with E-state index in [9.17, 15) is 5.11 Å². The van der Waals surface area contributed by atoms with E-state index >= 15 is 0 Å². The lowest BCUT2D eigenvalue weighted by atomic mass is 10.0. The van der Waals surface area contributed by atoms with Gasteiger partial charge in [0.15, 0.2) is 0 Å². The molecule has 2 rings (SSSR count). The number of rotatable bonds is 5. The molecule has 0 fully saturated rings. The van der Waals surface area contributed by atoms with E-state index in [4.69, 9.17) is 23.2 Å². The minimum absolute atomic E-state index is 0.171. The van der Waals surface area contributed by atoms with Crippen molar-refractivity contribution < 1.29 is 5.11 Å². The van der Waals surface area contributed by atoms with Gasteiger partial charge in [-0.1, -0.05) is 48.7 Å². The van der Waals surface area contributed by atoms with Gasteiger partial charge in [0.1, 0.15) is 5.75 Å². The molecule has 2 aromatic carbocycles. The highest BCUT2D eigenvalue weighted by molar-refractivity contribution is 6.31. The first kappa shape index (κ1) is 15.9. The van der Waals surface area contributed by atoms with E-state index in [2.05, 4.69) is 11.9 Å². The van der Waals surface area contributed by atoms with Crippen LogP contribution in [0.4, 0.5) is 0 Å². The summed E-state index contributed by atoms with van der Waals surface area (Å²) in [7, 11) is 0. The van der Waals surface area contributed by atoms with Crippen LogP contribution >= 0.6 is 23.2 Å². The Morgan fingerprint density at radius 3 is 2.38 bits per heavy atom. The molecule has 0 aliphatic carbocycles. The highest BCUT2D eigenvalue weighted by Gasteiger charge is 2.12. The van der Waals surface area contributed by atoms with E-state index in [0.717, 1.165) is 24.1 Å². The van der Waals surface area contributed by atoms with E-state index in [1.165, 1.54) is 0 Å². The van der Waals surface area contributed by atoms with Gasteiger partial charge < -0.3 is 5.11 Å². The first-order valence-corrected chi connectivity index (χ1v) is 7.66. The molecule has 2 aromatic rings. The third-order valence-corrected chi connectivity index (χ3v) is 3.60. The predicted molar refractivity (Wildman–Crippen MR) is 90.0 cm³/mol. The van der Waals surface area contributed by atoms with Gasteiger partial charge in [0.05, 0.1) is 5.71 Å². The minimum Gasteiger partial charge on any atom is -0.507 e. The normalized spacial score (nSPS) is 11.7. The third kappa shape index (κ3) is 4.23. The largest absolute Gasteiger partial charge is 0.507 e. The maximum atomic E-state index is 10.1. The number of benzene rings is 2. The molecule has 0 aromatic heterocycles. The summed E-state index contributed by atoms with van der Waals surface area (Å²) >= 11 is 12.0. The van der Waals surface area contributed by atoms with Crippen molar-refractivity contribution in [1.29, 1.82) is 0 Å². The van der Waals surface area contributed by atoms with E-state index in [1.807, 2.05) is 24.3 Å². The second kappa shape index (κ2) is 7.48. The van der Waals surface area contributed by atoms with Crippen molar-refractivity contribution in [3.05, 3.63) is 63.6 Å². The Morgan fingerprint density at radius 2 is 1.71 bits per heavy atom. The van der Waals surface area contributed by atoms with E-state index < -0.39 is 0 Å². The molecule has 0 radical (unpaired) electrons. The number of halogens is 2. The van der Waals surface area contributed by atoms with Gasteiger partial charge in [-0.05, 0) is 36.8 Å². The van der Waals surface area contributed by atoms with Crippen LogP contribution in [-0.4, -0.2) is 17.4 Å². The van der Waals surface area contributed by atoms with E-state index in [1.54, 1.807) is 18.2 Å². The van der Waals surface area contributed by atoms with Crippen LogP contribution in [0.2, 0.25) is 10.0 Å². The fourth-order valence-electron chi connectivity index (χ4n) is 1.99. The molecule has 2 nitrogen and oxygen atoms in total. The molecule has 0 atom stereocenters. The van der Waals surface area contributed by atoms with E-state index in [0.29, 0.717) is 22.2 Å². The summed E-state index contributed by atoms with van der Waals surface area (Å²) in [5, 5.41) is 11.4. The van der Waals surface area contributed by atoms with Gasteiger partial charge in [-0.15, -0.1) is 0 Å². The number of aromatic hydroxyl groups is 1. The maximum Gasteiger partial charge on any atom is 0.125 e. The van der Waals surface area contributed by atoms with Crippen LogP contribution in [0.3, 0.4) is 0 Å². The monoisotopic (exact) mass is 321 g/mol. The molecule has 110 valence electrons. The Bertz CT molecular complexity index is 636. The zero-order chi connectivity index (χ0) is 15.2. The summed E-state index contributed by atoms with van der Waals surface area (Å²) in [6.07, 6.45) is 2.07. The molecule has 0 bridgehead atoms. The lowest BCUT2D eigenvalue weighted by molar-refractivity contribution is 0.474. The molecular formula is C17H17Cl2NO. The summed E-state index contributed by atoms with van der Waals surface area (Å²) < 4.78 is 0. The summed E-state index contributed by atoms with van der Waals surface area (Å²) in [5.74, 6) is 0.171. The fourth-order valence-corrected chi connectivity index (χ4v) is 2.28. The van der Waals surface area contributed by atoms with Crippen molar-refractivity contribution in [2.45, 2.75) is 19.8 Å². The van der Waals surface area contributed by atoms with Crippen LogP contribution in [0, 0.1) is 0 Å². The van der Waals surface area contributed by atoms with Crippen LogP contribution < -0.4 is 0 Å². The molecule has 4 heteroatoms. The maximum absolute atomic E-state index is 10.1. The minimum atomic E-state index is 0.171. The number of phenolic OH excluding ortho intramolecular Hbond substituents is 1. The Hall–Kier alpha value is -1.51. The Labute approximate surface area is 135 Å². The molecule has 1 N–H and O–H groups in total. The van der Waals surface area contributed by atoms with Crippen molar-refractivity contribution in [2.75, 3.05) is 6.54 Å². The Morgan fingerprint density at radius 1 is 1.05 bits per heavy atom. The lowest BCUT2D eigenvalue weighted by Gasteiger charge is -2.10. The van der Waals surface area contributed by atoms with Crippen LogP contribution in [0.1, 0.15) is 30.9 Å². The van der Waals surface area contributed by atoms with Crippen molar-refractivity contribution in [2.24, 2.45) is 4.99 Å². The quantitative estimate of drug-likeness (QED) is 0.585. The van der Waals surface area contributed by atoms with Gasteiger partial charge in [0, 0.05) is 27.7 Å². The molecule has 0 aliphatic rings. The summed E-state index contributed by atoms with van der Waals surface area (Å²) in [6, 6.07) is 12.4. The number of aliphatic imine (C=N–C) groups is 1. The lowest BCUT2D eigenvalue weighted by Crippen LogP contribution is -2.05. The first-order valence-electron chi connectivity index (χ1n) is 6.91. The molecule has 0 amide bonds. The zero-order valence-corrected chi connectivity index (χ0v) is 13.3. The SMILES string of the molecule is CCCCN=C(c1ccc(Cl)cc1)c1cc(Cl)ccc1O. The number of hydrogen-bond acceptors (Lipinski definition) is 2. The highest BCUT2D eigenvalue weighted by Crippen LogP contribution is 2.25. The van der Waals surface area contributed by atoms with Gasteiger partial charge >= 0.3 is 0 Å². The van der Waals surface area contributed by atoms with Crippen molar-refractivity contribution in [3.8, 4) is 5.75 Å². The smallest absolute Gasteiger partial charge is 0.125 e. The molecule has 0 heterocycles. The zero-order valence-electron chi connectivity index (χ0n) is 11.8. The Kier molecular flexibility index (Phi) is 5.66. The summed E-state index contributed by atoms with van der Waals surface area (Å²) in [4.78, 5) is 4.64. The predicted octanol–water partition coefficient (Wildman–Crippen LogP) is 5.34. The Balaban J connectivity index is 2.47. The molecule has 0 saturated heterocycles. The van der Waals surface area contributed by atoms with Gasteiger partial charge in [0.25, 0.3) is 0 Å². The molecule has 0 aliphatic heterocycles. The number of unbranched alkanes of at least 4 members (excludes halogenated alkanes) is 1. The average molecular weight is 322 g/mol. The number of hydrogen-bond donors (Lipinski definition) is 1. The molecule has 0 unspecified atom stereocenters. The molecule has 21 heavy (non-hydrogen) atoms. The van der Waals surface area contributed by atoms with Gasteiger partial charge in [-0.2, -0.15) is 0 Å². The van der Waals surface area contributed by atoms with Crippen LogP contribution in [0.15, 0.2) is 47.5 Å². The molecule has 0 saturated carbocycles. The average Bonchev–Trinajstić information content (AvgIpc) is 2.48. The fraction of sp³-hybridized carbons (Fsp3) is 0.235. The van der Waals surface area contributed by atoms with E-state index in [-0.39, 0.29) is 5.75 Å². The topological polar surface area (TPSA) is 32.6 Å². The molecule has 0 spiro atoms. The van der Waals surface area contributed by atoms with Gasteiger partial charge in [0.2, 0.25) is 0 Å². The summed E-state index contributed by atoms with van der Waals surface area (Å²) in [5.41, 5.74) is 2.29. The second-order valence-corrected chi connectivity index (χ2v) is 5.63. The number of nitrogens with zero attached hydrogens (tertiary/aromatic N) is 1. The van der Waals surface area contributed by atoms with Crippen LogP contribution in [-0.2, 0) is 0 Å². The van der Waals surface area contributed by atoms with Crippen molar-refractivity contribution in [3.63, 3.8) is 0 Å².